The molecule has 8 heteroatoms. The summed E-state index contributed by atoms with van der Waals surface area (Å²) in [5, 5.41) is 0. The molecule has 3 heterocycles. The van der Waals surface area contributed by atoms with Crippen LogP contribution in [0.2, 0.25) is 0 Å². The fourth-order valence-corrected chi connectivity index (χ4v) is 5.25. The molecule has 1 unspecified atom stereocenters. The molecule has 1 aromatic rings. The zero-order valence-corrected chi connectivity index (χ0v) is 18.5. The molecular formula is C23H34N4O4. The highest BCUT2D eigenvalue weighted by Gasteiger charge is 2.33. The Kier molecular flexibility index (Phi) is 7.05. The van der Waals surface area contributed by atoms with Crippen molar-refractivity contribution in [3.05, 3.63) is 27.4 Å². The number of H-pyrrole nitrogens is 1. The lowest BCUT2D eigenvalue weighted by molar-refractivity contribution is -0.138. The van der Waals surface area contributed by atoms with E-state index in [0.29, 0.717) is 50.5 Å². The number of ether oxygens (including phenoxy) is 1. The summed E-state index contributed by atoms with van der Waals surface area (Å²) >= 11 is 0. The molecule has 0 aromatic carbocycles. The summed E-state index contributed by atoms with van der Waals surface area (Å²) in [5.74, 6) is 0.920. The number of nitrogens with one attached hydrogen (secondary N) is 1. The van der Waals surface area contributed by atoms with Crippen LogP contribution >= 0.6 is 0 Å². The average Bonchev–Trinajstić information content (AvgIpc) is 2.82. The van der Waals surface area contributed by atoms with Crippen LogP contribution in [0.5, 0.6) is 0 Å². The predicted octanol–water partition coefficient (Wildman–Crippen LogP) is 2.32. The fourth-order valence-electron chi connectivity index (χ4n) is 5.25. The Morgan fingerprint density at radius 3 is 2.65 bits per heavy atom. The Morgan fingerprint density at radius 2 is 1.87 bits per heavy atom. The van der Waals surface area contributed by atoms with Gasteiger partial charge in [0.1, 0.15) is 5.82 Å². The third-order valence-electron chi connectivity index (χ3n) is 7.01. The maximum Gasteiger partial charge on any atom is 0.256 e. The van der Waals surface area contributed by atoms with Crippen LogP contribution < -0.4 is 5.56 Å². The van der Waals surface area contributed by atoms with Gasteiger partial charge in [-0.3, -0.25) is 14.4 Å². The van der Waals surface area contributed by atoms with E-state index in [9.17, 15) is 14.4 Å². The molecule has 31 heavy (non-hydrogen) atoms. The standard InChI is InChI=1S/C23H34N4O4/c1-31-14-11-20(28)27-12-6-5-9-19(27)21-24-18-10-13-26(15-17(18)22(29)25-21)23(30)16-7-3-2-4-8-16/h16,19H,2-15H2,1H3,(H,24,25,29). The Labute approximate surface area is 183 Å². The van der Waals surface area contributed by atoms with Crippen molar-refractivity contribution < 1.29 is 14.3 Å². The Bertz CT molecular complexity index is 862. The van der Waals surface area contributed by atoms with Crippen LogP contribution in [-0.2, 0) is 27.3 Å². The highest BCUT2D eigenvalue weighted by atomic mass is 16.5. The number of fused-ring (bicyclic) bond motifs is 1. The van der Waals surface area contributed by atoms with E-state index in [1.807, 2.05) is 9.80 Å². The smallest absolute Gasteiger partial charge is 0.256 e. The molecule has 0 bridgehead atoms. The van der Waals surface area contributed by atoms with Crippen LogP contribution in [0.4, 0.5) is 0 Å². The van der Waals surface area contributed by atoms with Gasteiger partial charge in [0.25, 0.3) is 5.56 Å². The maximum atomic E-state index is 13.0. The molecule has 1 saturated carbocycles. The van der Waals surface area contributed by atoms with Crippen LogP contribution in [0.1, 0.15) is 80.9 Å². The number of carbonyl (C=O) groups excluding carboxylic acids is 2. The highest BCUT2D eigenvalue weighted by molar-refractivity contribution is 5.79. The van der Waals surface area contributed by atoms with Gasteiger partial charge in [0, 0.05) is 32.5 Å². The topological polar surface area (TPSA) is 95.6 Å². The van der Waals surface area contributed by atoms with Crippen molar-refractivity contribution >= 4 is 11.8 Å². The fraction of sp³-hybridized carbons (Fsp3) is 0.739. The van der Waals surface area contributed by atoms with Crippen LogP contribution in [0.25, 0.3) is 0 Å². The number of aromatic amines is 1. The number of hydrogen-bond acceptors (Lipinski definition) is 5. The maximum absolute atomic E-state index is 13.0. The summed E-state index contributed by atoms with van der Waals surface area (Å²) in [5.41, 5.74) is 1.21. The van der Waals surface area contributed by atoms with Gasteiger partial charge in [-0.15, -0.1) is 0 Å². The molecular weight excluding hydrogens is 396 g/mol. The van der Waals surface area contributed by atoms with E-state index in [2.05, 4.69) is 4.98 Å². The van der Waals surface area contributed by atoms with Gasteiger partial charge in [-0.05, 0) is 32.1 Å². The molecule has 1 saturated heterocycles. The number of piperidine rings is 1. The van der Waals surface area contributed by atoms with E-state index in [1.165, 1.54) is 6.42 Å². The van der Waals surface area contributed by atoms with Crippen molar-refractivity contribution in [1.29, 1.82) is 0 Å². The second kappa shape index (κ2) is 9.94. The normalized spacial score (nSPS) is 22.3. The minimum atomic E-state index is -0.196. The highest BCUT2D eigenvalue weighted by Crippen LogP contribution is 2.31. The molecule has 1 aliphatic carbocycles. The summed E-state index contributed by atoms with van der Waals surface area (Å²) in [6.07, 6.45) is 9.06. The van der Waals surface area contributed by atoms with E-state index in [0.717, 1.165) is 50.6 Å². The third kappa shape index (κ3) is 4.84. The third-order valence-corrected chi connectivity index (χ3v) is 7.01. The first kappa shape index (κ1) is 22.0. The monoisotopic (exact) mass is 430 g/mol. The Hall–Kier alpha value is -2.22. The van der Waals surface area contributed by atoms with Gasteiger partial charge in [-0.2, -0.15) is 0 Å². The first-order valence-corrected chi connectivity index (χ1v) is 11.8. The Balaban J connectivity index is 1.51. The number of hydrogen-bond donors (Lipinski definition) is 1. The number of methoxy groups -OCH3 is 1. The summed E-state index contributed by atoms with van der Waals surface area (Å²) in [7, 11) is 1.59. The molecule has 1 atom stereocenters. The zero-order chi connectivity index (χ0) is 21.8. The molecule has 0 radical (unpaired) electrons. The van der Waals surface area contributed by atoms with Crippen LogP contribution in [-0.4, -0.2) is 58.4 Å². The lowest BCUT2D eigenvalue weighted by atomic mass is 9.88. The SMILES string of the molecule is COCCC(=O)N1CCCCC1c1nc2c(c(=O)[nH]1)CN(C(=O)C1CCCCC1)CC2. The molecule has 8 nitrogen and oxygen atoms in total. The van der Waals surface area contributed by atoms with E-state index < -0.39 is 0 Å². The van der Waals surface area contributed by atoms with Crippen molar-refractivity contribution in [3.8, 4) is 0 Å². The second-order valence-corrected chi connectivity index (χ2v) is 9.06. The number of amides is 2. The molecule has 2 fully saturated rings. The molecule has 1 N–H and O–H groups in total. The van der Waals surface area contributed by atoms with Gasteiger partial charge in [-0.1, -0.05) is 19.3 Å². The lowest BCUT2D eigenvalue weighted by Gasteiger charge is -2.36. The molecule has 3 aliphatic rings. The van der Waals surface area contributed by atoms with Gasteiger partial charge < -0.3 is 19.5 Å². The summed E-state index contributed by atoms with van der Waals surface area (Å²) in [4.78, 5) is 50.0. The second-order valence-electron chi connectivity index (χ2n) is 9.06. The minimum absolute atomic E-state index is 0.0381. The van der Waals surface area contributed by atoms with Crippen LogP contribution in [0.15, 0.2) is 4.79 Å². The Morgan fingerprint density at radius 1 is 1.10 bits per heavy atom. The van der Waals surface area contributed by atoms with Crippen LogP contribution in [0.3, 0.4) is 0 Å². The quantitative estimate of drug-likeness (QED) is 0.774. The van der Waals surface area contributed by atoms with Gasteiger partial charge >= 0.3 is 0 Å². The summed E-state index contributed by atoms with van der Waals surface area (Å²) in [6.45, 7) is 2.02. The lowest BCUT2D eigenvalue weighted by Crippen LogP contribution is -2.44. The predicted molar refractivity (Wildman–Crippen MR) is 115 cm³/mol. The van der Waals surface area contributed by atoms with Crippen molar-refractivity contribution in [3.63, 3.8) is 0 Å². The van der Waals surface area contributed by atoms with Crippen molar-refractivity contribution in [1.82, 2.24) is 19.8 Å². The number of likely N-dealkylation sites (tertiary alicyclic amines) is 1. The van der Waals surface area contributed by atoms with Gasteiger partial charge in [0.15, 0.2) is 0 Å². The molecule has 4 rings (SSSR count). The summed E-state index contributed by atoms with van der Waals surface area (Å²) < 4.78 is 5.06. The molecule has 2 aliphatic heterocycles. The van der Waals surface area contributed by atoms with Crippen molar-refractivity contribution in [2.45, 2.75) is 76.8 Å². The van der Waals surface area contributed by atoms with Gasteiger partial charge in [-0.25, -0.2) is 4.98 Å². The van der Waals surface area contributed by atoms with E-state index in [1.54, 1.807) is 7.11 Å². The van der Waals surface area contributed by atoms with E-state index in [4.69, 9.17) is 9.72 Å². The first-order chi connectivity index (χ1) is 15.1. The van der Waals surface area contributed by atoms with Crippen LogP contribution in [0, 0.1) is 5.92 Å². The van der Waals surface area contributed by atoms with Crippen molar-refractivity contribution in [2.75, 3.05) is 26.8 Å². The number of aromatic nitrogens is 2. The van der Waals surface area contributed by atoms with E-state index >= 15 is 0 Å². The number of rotatable bonds is 5. The summed E-state index contributed by atoms with van der Waals surface area (Å²) in [6, 6.07) is -0.196. The van der Waals surface area contributed by atoms with E-state index in [-0.39, 0.29) is 29.3 Å². The average molecular weight is 431 g/mol. The first-order valence-electron chi connectivity index (χ1n) is 11.8. The van der Waals surface area contributed by atoms with Gasteiger partial charge in [0.05, 0.1) is 36.9 Å². The number of carbonyl (C=O) groups is 2. The van der Waals surface area contributed by atoms with Crippen molar-refractivity contribution in [2.24, 2.45) is 5.92 Å². The number of nitrogens with zero attached hydrogens (tertiary/aromatic N) is 3. The molecule has 0 spiro atoms. The zero-order valence-electron chi connectivity index (χ0n) is 18.5. The molecule has 1 aromatic heterocycles. The van der Waals surface area contributed by atoms with Gasteiger partial charge in [0.2, 0.25) is 11.8 Å². The minimum Gasteiger partial charge on any atom is -0.384 e. The molecule has 170 valence electrons. The largest absolute Gasteiger partial charge is 0.384 e. The molecule has 2 amide bonds.